The molecule has 18 heavy (non-hydrogen) atoms. The first-order valence-electron chi connectivity index (χ1n) is 5.77. The largest absolute Gasteiger partial charge is 0.399 e. The molecular formula is C13H18N2O2Si. The molecule has 96 valence electrons. The van der Waals surface area contributed by atoms with Crippen LogP contribution in [0.1, 0.15) is 18.6 Å². The molecule has 0 aliphatic heterocycles. The minimum Gasteiger partial charge on any atom is -0.399 e. The maximum absolute atomic E-state index is 10.9. The molecule has 0 fully saturated rings. The Hall–Kier alpha value is -1.64. The molecule has 0 spiro atoms. The van der Waals surface area contributed by atoms with E-state index in [2.05, 4.69) is 11.4 Å². The second-order valence-corrected chi connectivity index (χ2v) is 9.50. The van der Waals surface area contributed by atoms with Crippen molar-refractivity contribution in [1.29, 1.82) is 5.26 Å². The van der Waals surface area contributed by atoms with E-state index < -0.39 is 14.4 Å². The number of anilines is 1. The summed E-state index contributed by atoms with van der Waals surface area (Å²) in [6, 6.07) is 9.31. The SMILES string of the molecule is CC(=O)Nc1ccc(C(C#N)O[Si](C)(C)C)cc1. The van der Waals surface area contributed by atoms with Crippen molar-refractivity contribution < 1.29 is 9.22 Å². The van der Waals surface area contributed by atoms with Crippen molar-refractivity contribution >= 4 is 19.9 Å². The van der Waals surface area contributed by atoms with Gasteiger partial charge >= 0.3 is 0 Å². The van der Waals surface area contributed by atoms with Crippen LogP contribution in [0.2, 0.25) is 19.6 Å². The van der Waals surface area contributed by atoms with Crippen molar-refractivity contribution in [2.45, 2.75) is 32.7 Å². The van der Waals surface area contributed by atoms with Crippen LogP contribution in [0.25, 0.3) is 0 Å². The maximum atomic E-state index is 10.9. The number of carbonyl (C=O) groups is 1. The summed E-state index contributed by atoms with van der Waals surface area (Å²) in [6.07, 6.45) is -0.539. The third kappa shape index (κ3) is 4.70. The molecule has 0 saturated heterocycles. The minimum atomic E-state index is -1.76. The summed E-state index contributed by atoms with van der Waals surface area (Å²) in [4.78, 5) is 10.9. The van der Waals surface area contributed by atoms with E-state index in [-0.39, 0.29) is 5.91 Å². The molecule has 0 aliphatic carbocycles. The second-order valence-electron chi connectivity index (χ2n) is 5.04. The van der Waals surface area contributed by atoms with Gasteiger partial charge in [-0.05, 0) is 37.3 Å². The van der Waals surface area contributed by atoms with Crippen molar-refractivity contribution in [3.63, 3.8) is 0 Å². The van der Waals surface area contributed by atoms with Crippen LogP contribution in [0.5, 0.6) is 0 Å². The molecule has 0 aliphatic rings. The fourth-order valence-corrected chi connectivity index (χ4v) is 2.36. The lowest BCUT2D eigenvalue weighted by Gasteiger charge is -2.21. The Morgan fingerprint density at radius 3 is 2.28 bits per heavy atom. The third-order valence-electron chi connectivity index (χ3n) is 2.12. The van der Waals surface area contributed by atoms with Crippen molar-refractivity contribution in [2.75, 3.05) is 5.32 Å². The highest BCUT2D eigenvalue weighted by Crippen LogP contribution is 2.23. The molecule has 4 nitrogen and oxygen atoms in total. The van der Waals surface area contributed by atoms with Crippen molar-refractivity contribution in [3.8, 4) is 6.07 Å². The molecule has 0 bridgehead atoms. The van der Waals surface area contributed by atoms with E-state index in [9.17, 15) is 4.79 Å². The van der Waals surface area contributed by atoms with Crippen LogP contribution in [0.3, 0.4) is 0 Å². The normalized spacial score (nSPS) is 12.6. The Morgan fingerprint density at radius 1 is 1.33 bits per heavy atom. The Kier molecular flexibility index (Phi) is 4.65. The number of nitrogens with one attached hydrogen (secondary N) is 1. The number of carbonyl (C=O) groups excluding carboxylic acids is 1. The third-order valence-corrected chi connectivity index (χ3v) is 3.07. The summed E-state index contributed by atoms with van der Waals surface area (Å²) < 4.78 is 5.78. The highest BCUT2D eigenvalue weighted by Gasteiger charge is 2.22. The molecule has 0 heterocycles. The molecule has 1 amide bonds. The van der Waals surface area contributed by atoms with Crippen LogP contribution < -0.4 is 5.32 Å². The fourth-order valence-electron chi connectivity index (χ4n) is 1.47. The van der Waals surface area contributed by atoms with E-state index >= 15 is 0 Å². The van der Waals surface area contributed by atoms with Crippen molar-refractivity contribution in [1.82, 2.24) is 0 Å². The molecule has 0 radical (unpaired) electrons. The first-order valence-corrected chi connectivity index (χ1v) is 9.17. The zero-order valence-electron chi connectivity index (χ0n) is 11.2. The molecule has 1 aromatic carbocycles. The predicted octanol–water partition coefficient (Wildman–Crippen LogP) is 3.06. The summed E-state index contributed by atoms with van der Waals surface area (Å²) in [7, 11) is -1.76. The van der Waals surface area contributed by atoms with E-state index in [1.165, 1.54) is 6.92 Å². The standard InChI is InChI=1S/C13H18N2O2Si/c1-10(16)15-12-7-5-11(6-8-12)13(9-14)17-18(2,3)4/h5-8,13H,1-4H3,(H,15,16). The molecular weight excluding hydrogens is 244 g/mol. The van der Waals surface area contributed by atoms with Gasteiger partial charge in [-0.1, -0.05) is 12.1 Å². The van der Waals surface area contributed by atoms with E-state index in [4.69, 9.17) is 9.69 Å². The van der Waals surface area contributed by atoms with Crippen LogP contribution in [-0.4, -0.2) is 14.2 Å². The summed E-state index contributed by atoms with van der Waals surface area (Å²) in [5.74, 6) is -0.113. The summed E-state index contributed by atoms with van der Waals surface area (Å²) in [6.45, 7) is 7.59. The van der Waals surface area contributed by atoms with E-state index in [0.717, 1.165) is 11.3 Å². The van der Waals surface area contributed by atoms with Crippen LogP contribution in [0, 0.1) is 11.3 Å². The van der Waals surface area contributed by atoms with Gasteiger partial charge in [0.1, 0.15) is 0 Å². The minimum absolute atomic E-state index is 0.113. The average molecular weight is 262 g/mol. The molecule has 0 saturated carbocycles. The molecule has 1 atom stereocenters. The van der Waals surface area contributed by atoms with Gasteiger partial charge in [-0.2, -0.15) is 5.26 Å². The Morgan fingerprint density at radius 2 is 1.89 bits per heavy atom. The first kappa shape index (κ1) is 14.4. The van der Waals surface area contributed by atoms with E-state index in [1.54, 1.807) is 24.3 Å². The van der Waals surface area contributed by atoms with Gasteiger partial charge in [0.2, 0.25) is 5.91 Å². The van der Waals surface area contributed by atoms with E-state index in [1.807, 2.05) is 19.6 Å². The van der Waals surface area contributed by atoms with E-state index in [0.29, 0.717) is 0 Å². The number of amides is 1. The summed E-state index contributed by atoms with van der Waals surface area (Å²) in [5, 5.41) is 11.8. The highest BCUT2D eigenvalue weighted by atomic mass is 28.4. The average Bonchev–Trinajstić information content (AvgIpc) is 2.25. The Bertz CT molecular complexity index is 457. The van der Waals surface area contributed by atoms with Crippen molar-refractivity contribution in [2.24, 2.45) is 0 Å². The quantitative estimate of drug-likeness (QED) is 0.848. The van der Waals surface area contributed by atoms with Gasteiger partial charge in [-0.3, -0.25) is 4.79 Å². The van der Waals surface area contributed by atoms with Gasteiger partial charge in [0.05, 0.1) is 6.07 Å². The smallest absolute Gasteiger partial charge is 0.221 e. The predicted molar refractivity (Wildman–Crippen MR) is 73.5 cm³/mol. The monoisotopic (exact) mass is 262 g/mol. The number of benzene rings is 1. The zero-order valence-corrected chi connectivity index (χ0v) is 12.2. The van der Waals surface area contributed by atoms with Crippen LogP contribution in [-0.2, 0) is 9.22 Å². The Labute approximate surface area is 109 Å². The lowest BCUT2D eigenvalue weighted by molar-refractivity contribution is -0.114. The number of nitriles is 1. The van der Waals surface area contributed by atoms with Gasteiger partial charge in [0, 0.05) is 12.6 Å². The van der Waals surface area contributed by atoms with Crippen LogP contribution >= 0.6 is 0 Å². The molecule has 5 heteroatoms. The topological polar surface area (TPSA) is 62.1 Å². The van der Waals surface area contributed by atoms with Gasteiger partial charge in [-0.25, -0.2) is 0 Å². The molecule has 1 unspecified atom stereocenters. The zero-order chi connectivity index (χ0) is 13.8. The van der Waals surface area contributed by atoms with Crippen molar-refractivity contribution in [3.05, 3.63) is 29.8 Å². The lowest BCUT2D eigenvalue weighted by atomic mass is 10.1. The van der Waals surface area contributed by atoms with Gasteiger partial charge in [0.25, 0.3) is 0 Å². The van der Waals surface area contributed by atoms with Gasteiger partial charge < -0.3 is 9.74 Å². The van der Waals surface area contributed by atoms with Crippen LogP contribution in [0.4, 0.5) is 5.69 Å². The Balaban J connectivity index is 2.83. The first-order chi connectivity index (χ1) is 8.31. The lowest BCUT2D eigenvalue weighted by Crippen LogP contribution is -2.27. The number of hydrogen-bond donors (Lipinski definition) is 1. The highest BCUT2D eigenvalue weighted by molar-refractivity contribution is 6.69. The molecule has 1 rings (SSSR count). The molecule has 1 aromatic rings. The number of rotatable bonds is 4. The number of nitrogens with zero attached hydrogens (tertiary/aromatic N) is 1. The molecule has 1 N–H and O–H groups in total. The maximum Gasteiger partial charge on any atom is 0.221 e. The second kappa shape index (κ2) is 5.80. The summed E-state index contributed by atoms with van der Waals surface area (Å²) in [5.41, 5.74) is 1.53. The van der Waals surface area contributed by atoms with Gasteiger partial charge in [-0.15, -0.1) is 0 Å². The summed E-state index contributed by atoms with van der Waals surface area (Å²) >= 11 is 0. The molecule has 0 aromatic heterocycles. The van der Waals surface area contributed by atoms with Gasteiger partial charge in [0.15, 0.2) is 14.4 Å². The van der Waals surface area contributed by atoms with Crippen LogP contribution in [0.15, 0.2) is 24.3 Å². The number of hydrogen-bond acceptors (Lipinski definition) is 3. The fraction of sp³-hybridized carbons (Fsp3) is 0.385.